The van der Waals surface area contributed by atoms with Gasteiger partial charge in [0.2, 0.25) is 0 Å². The molecule has 0 aliphatic rings. The molecule has 2 nitrogen and oxygen atoms in total. The van der Waals surface area contributed by atoms with Crippen molar-refractivity contribution >= 4 is 11.3 Å². The van der Waals surface area contributed by atoms with Gasteiger partial charge in [-0.05, 0) is 36.4 Å². The molecule has 4 heteroatoms. The van der Waals surface area contributed by atoms with E-state index in [1.165, 1.54) is 12.1 Å². The molecule has 0 atom stereocenters. The van der Waals surface area contributed by atoms with E-state index in [1.807, 2.05) is 18.2 Å². The highest BCUT2D eigenvalue weighted by molar-refractivity contribution is 7.15. The molecule has 0 aliphatic carbocycles. The number of hydrogen-bond acceptors (Lipinski definition) is 3. The summed E-state index contributed by atoms with van der Waals surface area (Å²) in [7, 11) is 0. The van der Waals surface area contributed by atoms with Gasteiger partial charge < -0.3 is 5.73 Å². The van der Waals surface area contributed by atoms with Crippen LogP contribution in [-0.4, -0.2) is 11.5 Å². The van der Waals surface area contributed by atoms with Crippen molar-refractivity contribution < 1.29 is 4.39 Å². The van der Waals surface area contributed by atoms with Crippen molar-refractivity contribution in [2.75, 3.05) is 6.54 Å². The van der Waals surface area contributed by atoms with Gasteiger partial charge in [-0.15, -0.1) is 11.3 Å². The summed E-state index contributed by atoms with van der Waals surface area (Å²) in [5.74, 6) is -0.238. The standard InChI is InChI=1S/C17H15FN2S/c18-14-8-6-12(7-9-14)16-17(13-4-2-1-3-5-13)21-15(20-16)10-11-19/h1-9H,10-11,19H2. The molecule has 0 fully saturated rings. The maximum atomic E-state index is 13.1. The smallest absolute Gasteiger partial charge is 0.123 e. The summed E-state index contributed by atoms with van der Waals surface area (Å²) >= 11 is 1.65. The van der Waals surface area contributed by atoms with Gasteiger partial charge in [0.1, 0.15) is 5.82 Å². The third-order valence-electron chi connectivity index (χ3n) is 3.18. The van der Waals surface area contributed by atoms with Crippen LogP contribution >= 0.6 is 11.3 Å². The highest BCUT2D eigenvalue weighted by atomic mass is 32.1. The Morgan fingerprint density at radius 3 is 2.33 bits per heavy atom. The second-order valence-electron chi connectivity index (χ2n) is 4.70. The van der Waals surface area contributed by atoms with Gasteiger partial charge >= 0.3 is 0 Å². The van der Waals surface area contributed by atoms with Crippen molar-refractivity contribution in [2.24, 2.45) is 5.73 Å². The summed E-state index contributed by atoms with van der Waals surface area (Å²) in [6, 6.07) is 16.6. The molecule has 3 aromatic rings. The van der Waals surface area contributed by atoms with Gasteiger partial charge in [-0.2, -0.15) is 0 Å². The Morgan fingerprint density at radius 2 is 1.67 bits per heavy atom. The van der Waals surface area contributed by atoms with Crippen LogP contribution in [0.5, 0.6) is 0 Å². The number of aromatic nitrogens is 1. The first kappa shape index (κ1) is 13.9. The molecule has 0 bridgehead atoms. The highest BCUT2D eigenvalue weighted by Crippen LogP contribution is 2.36. The monoisotopic (exact) mass is 298 g/mol. The molecule has 2 N–H and O–H groups in total. The van der Waals surface area contributed by atoms with Crippen LogP contribution in [0, 0.1) is 5.82 Å². The van der Waals surface area contributed by atoms with E-state index in [0.717, 1.165) is 33.1 Å². The fraction of sp³-hybridized carbons (Fsp3) is 0.118. The molecule has 0 spiro atoms. The third kappa shape index (κ3) is 3.01. The Kier molecular flexibility index (Phi) is 4.08. The van der Waals surface area contributed by atoms with E-state index in [0.29, 0.717) is 6.54 Å². The van der Waals surface area contributed by atoms with Gasteiger partial charge in [0.05, 0.1) is 15.6 Å². The first-order chi connectivity index (χ1) is 10.3. The van der Waals surface area contributed by atoms with E-state index in [-0.39, 0.29) is 5.82 Å². The summed E-state index contributed by atoms with van der Waals surface area (Å²) in [4.78, 5) is 5.79. The van der Waals surface area contributed by atoms with Crippen molar-refractivity contribution in [2.45, 2.75) is 6.42 Å². The molecule has 0 saturated carbocycles. The quantitative estimate of drug-likeness (QED) is 0.787. The molecular weight excluding hydrogens is 283 g/mol. The minimum Gasteiger partial charge on any atom is -0.330 e. The van der Waals surface area contributed by atoms with Crippen LogP contribution in [0.4, 0.5) is 4.39 Å². The zero-order chi connectivity index (χ0) is 14.7. The van der Waals surface area contributed by atoms with Crippen molar-refractivity contribution in [1.29, 1.82) is 0 Å². The van der Waals surface area contributed by atoms with E-state index in [1.54, 1.807) is 23.5 Å². The summed E-state index contributed by atoms with van der Waals surface area (Å²) in [6.07, 6.45) is 0.756. The van der Waals surface area contributed by atoms with Crippen LogP contribution in [0.1, 0.15) is 5.01 Å². The average molecular weight is 298 g/mol. The van der Waals surface area contributed by atoms with Crippen molar-refractivity contribution in [3.8, 4) is 21.7 Å². The van der Waals surface area contributed by atoms with E-state index in [9.17, 15) is 4.39 Å². The Labute approximate surface area is 127 Å². The molecular formula is C17H15FN2S. The molecule has 0 amide bonds. The molecule has 0 unspecified atom stereocenters. The molecule has 1 aromatic heterocycles. The molecule has 0 saturated heterocycles. The lowest BCUT2D eigenvalue weighted by molar-refractivity contribution is 0.628. The predicted octanol–water partition coefficient (Wildman–Crippen LogP) is 4.12. The van der Waals surface area contributed by atoms with Crippen LogP contribution in [-0.2, 0) is 6.42 Å². The molecule has 0 aliphatic heterocycles. The lowest BCUT2D eigenvalue weighted by Crippen LogP contribution is -2.01. The number of nitrogens with zero attached hydrogens (tertiary/aromatic N) is 1. The lowest BCUT2D eigenvalue weighted by atomic mass is 10.1. The summed E-state index contributed by atoms with van der Waals surface area (Å²) < 4.78 is 13.1. The topological polar surface area (TPSA) is 38.9 Å². The van der Waals surface area contributed by atoms with Crippen LogP contribution in [0.25, 0.3) is 21.7 Å². The fourth-order valence-electron chi connectivity index (χ4n) is 2.18. The minimum atomic E-state index is -0.238. The minimum absolute atomic E-state index is 0.238. The Bertz CT molecular complexity index is 720. The number of thiazole rings is 1. The van der Waals surface area contributed by atoms with E-state index >= 15 is 0 Å². The maximum Gasteiger partial charge on any atom is 0.123 e. The SMILES string of the molecule is NCCc1nc(-c2ccc(F)cc2)c(-c2ccccc2)s1. The molecule has 106 valence electrons. The number of rotatable bonds is 4. The first-order valence-electron chi connectivity index (χ1n) is 6.79. The van der Waals surface area contributed by atoms with Crippen LogP contribution in [0.3, 0.4) is 0 Å². The number of benzene rings is 2. The molecule has 2 aromatic carbocycles. The van der Waals surface area contributed by atoms with Gasteiger partial charge in [-0.1, -0.05) is 30.3 Å². The van der Waals surface area contributed by atoms with Crippen LogP contribution in [0.2, 0.25) is 0 Å². The zero-order valence-electron chi connectivity index (χ0n) is 11.4. The van der Waals surface area contributed by atoms with Gasteiger partial charge in [-0.25, -0.2) is 9.37 Å². The Balaban J connectivity index is 2.11. The van der Waals surface area contributed by atoms with Crippen LogP contribution < -0.4 is 5.73 Å². The largest absolute Gasteiger partial charge is 0.330 e. The molecule has 21 heavy (non-hydrogen) atoms. The molecule has 1 heterocycles. The second kappa shape index (κ2) is 6.16. The molecule has 3 rings (SSSR count). The number of nitrogens with two attached hydrogens (primary N) is 1. The Hall–Kier alpha value is -2.04. The van der Waals surface area contributed by atoms with Crippen molar-refractivity contribution in [3.63, 3.8) is 0 Å². The normalized spacial score (nSPS) is 10.8. The van der Waals surface area contributed by atoms with E-state index < -0.39 is 0 Å². The number of hydrogen-bond donors (Lipinski definition) is 1. The number of halogens is 1. The zero-order valence-corrected chi connectivity index (χ0v) is 12.2. The van der Waals surface area contributed by atoms with Crippen molar-refractivity contribution in [1.82, 2.24) is 4.98 Å². The van der Waals surface area contributed by atoms with E-state index in [2.05, 4.69) is 12.1 Å². The summed E-state index contributed by atoms with van der Waals surface area (Å²) in [5.41, 5.74) is 8.58. The third-order valence-corrected chi connectivity index (χ3v) is 4.35. The molecule has 0 radical (unpaired) electrons. The van der Waals surface area contributed by atoms with Gasteiger partial charge in [0.15, 0.2) is 0 Å². The predicted molar refractivity (Wildman–Crippen MR) is 85.7 cm³/mol. The van der Waals surface area contributed by atoms with Crippen LogP contribution in [0.15, 0.2) is 54.6 Å². The summed E-state index contributed by atoms with van der Waals surface area (Å²) in [5, 5.41) is 1.01. The van der Waals surface area contributed by atoms with Gasteiger partial charge in [0.25, 0.3) is 0 Å². The lowest BCUT2D eigenvalue weighted by Gasteiger charge is -2.02. The van der Waals surface area contributed by atoms with Gasteiger partial charge in [0, 0.05) is 12.0 Å². The highest BCUT2D eigenvalue weighted by Gasteiger charge is 2.14. The van der Waals surface area contributed by atoms with Gasteiger partial charge in [-0.3, -0.25) is 0 Å². The maximum absolute atomic E-state index is 13.1. The Morgan fingerprint density at radius 1 is 0.952 bits per heavy atom. The average Bonchev–Trinajstić information content (AvgIpc) is 2.93. The fourth-order valence-corrected chi connectivity index (χ4v) is 3.29. The second-order valence-corrected chi connectivity index (χ2v) is 5.78. The summed E-state index contributed by atoms with van der Waals surface area (Å²) in [6.45, 7) is 0.574. The first-order valence-corrected chi connectivity index (χ1v) is 7.60. The van der Waals surface area contributed by atoms with E-state index in [4.69, 9.17) is 10.7 Å². The van der Waals surface area contributed by atoms with Crippen molar-refractivity contribution in [3.05, 3.63) is 65.4 Å².